The minimum atomic E-state index is -2.48. The van der Waals surface area contributed by atoms with Crippen LogP contribution in [0, 0.1) is 5.82 Å². The number of alkyl halides is 2. The summed E-state index contributed by atoms with van der Waals surface area (Å²) in [6.07, 6.45) is 1.51. The number of anilines is 1. The Hall–Kier alpha value is -2.39. The number of hydrogen-bond donors (Lipinski definition) is 1. The highest BCUT2D eigenvalue weighted by Gasteiger charge is 2.11. The largest absolute Gasteiger partial charge is 0.431 e. The van der Waals surface area contributed by atoms with Crippen LogP contribution < -0.4 is 5.32 Å². The van der Waals surface area contributed by atoms with E-state index in [0.717, 1.165) is 11.8 Å². The van der Waals surface area contributed by atoms with Crippen molar-refractivity contribution >= 4 is 35.1 Å². The van der Waals surface area contributed by atoms with E-state index in [9.17, 15) is 18.0 Å². The zero-order valence-corrected chi connectivity index (χ0v) is 15.3. The van der Waals surface area contributed by atoms with E-state index in [-0.39, 0.29) is 17.5 Å². The molecule has 0 aliphatic carbocycles. The number of thioether (sulfide) groups is 2. The molecular formula is C18H13F3N2O2S2. The molecular weight excluding hydrogens is 397 g/mol. The first-order chi connectivity index (χ1) is 13.0. The Morgan fingerprint density at radius 1 is 1.11 bits per heavy atom. The molecule has 1 heterocycles. The Morgan fingerprint density at radius 3 is 2.48 bits per heavy atom. The van der Waals surface area contributed by atoms with Crippen molar-refractivity contribution in [1.82, 2.24) is 4.98 Å². The Kier molecular flexibility index (Phi) is 6.46. The molecule has 1 amide bonds. The van der Waals surface area contributed by atoms with Gasteiger partial charge in [0.05, 0.1) is 11.9 Å². The highest BCUT2D eigenvalue weighted by Crippen LogP contribution is 2.27. The van der Waals surface area contributed by atoms with E-state index in [2.05, 4.69) is 10.3 Å². The van der Waals surface area contributed by atoms with Crippen LogP contribution in [0.2, 0.25) is 0 Å². The summed E-state index contributed by atoms with van der Waals surface area (Å²) in [7, 11) is 0. The first-order valence-electron chi connectivity index (χ1n) is 7.69. The summed E-state index contributed by atoms with van der Waals surface area (Å²) in [5, 5.41) is 2.98. The van der Waals surface area contributed by atoms with Gasteiger partial charge in [-0.2, -0.15) is 8.78 Å². The van der Waals surface area contributed by atoms with Crippen LogP contribution in [-0.2, 0) is 4.79 Å². The van der Waals surface area contributed by atoms with E-state index < -0.39 is 5.76 Å². The molecule has 0 aliphatic heterocycles. The van der Waals surface area contributed by atoms with Crippen LogP contribution in [-0.4, -0.2) is 22.4 Å². The van der Waals surface area contributed by atoms with Gasteiger partial charge in [0.1, 0.15) is 5.82 Å². The average molecular weight is 410 g/mol. The van der Waals surface area contributed by atoms with Crippen molar-refractivity contribution in [3.05, 3.63) is 60.5 Å². The van der Waals surface area contributed by atoms with Crippen molar-refractivity contribution in [3.63, 3.8) is 0 Å². The highest BCUT2D eigenvalue weighted by atomic mass is 32.2. The standard InChI is InChI=1S/C18H13F3N2O2S2/c19-12-3-1-11(2-4-12)15-9-22-18(25-15)26-10-16(24)23-13-5-7-14(8-6-13)27-17(20)21/h1-9,17H,10H2,(H,23,24). The first-order valence-corrected chi connectivity index (χ1v) is 9.55. The van der Waals surface area contributed by atoms with Gasteiger partial charge >= 0.3 is 0 Å². The van der Waals surface area contributed by atoms with Crippen LogP contribution in [0.4, 0.5) is 18.9 Å². The third-order valence-corrected chi connectivity index (χ3v) is 4.87. The molecule has 1 aromatic heterocycles. The number of amides is 1. The van der Waals surface area contributed by atoms with Crippen LogP contribution in [0.5, 0.6) is 0 Å². The number of nitrogens with zero attached hydrogens (tertiary/aromatic N) is 1. The van der Waals surface area contributed by atoms with Gasteiger partial charge in [0.25, 0.3) is 11.0 Å². The van der Waals surface area contributed by atoms with Crippen molar-refractivity contribution in [2.75, 3.05) is 11.1 Å². The predicted molar refractivity (Wildman–Crippen MR) is 99.6 cm³/mol. The number of oxazole rings is 1. The Balaban J connectivity index is 1.51. The lowest BCUT2D eigenvalue weighted by Crippen LogP contribution is -2.13. The molecule has 0 atom stereocenters. The van der Waals surface area contributed by atoms with Gasteiger partial charge in [-0.3, -0.25) is 4.79 Å². The monoisotopic (exact) mass is 410 g/mol. The summed E-state index contributed by atoms with van der Waals surface area (Å²) in [6, 6.07) is 12.0. The summed E-state index contributed by atoms with van der Waals surface area (Å²) >= 11 is 1.55. The van der Waals surface area contributed by atoms with Crippen LogP contribution >= 0.6 is 23.5 Å². The van der Waals surface area contributed by atoms with Crippen LogP contribution in [0.25, 0.3) is 11.3 Å². The van der Waals surface area contributed by atoms with Crippen molar-refractivity contribution in [2.45, 2.75) is 15.9 Å². The second-order valence-corrected chi connectivity index (χ2v) is 7.23. The molecule has 140 valence electrons. The molecule has 0 spiro atoms. The van der Waals surface area contributed by atoms with Gasteiger partial charge < -0.3 is 9.73 Å². The number of benzene rings is 2. The molecule has 0 bridgehead atoms. The smallest absolute Gasteiger partial charge is 0.288 e. The molecule has 0 aliphatic rings. The maximum atomic E-state index is 12.9. The predicted octanol–water partition coefficient (Wildman–Crippen LogP) is 5.53. The summed E-state index contributed by atoms with van der Waals surface area (Å²) in [6.45, 7) is 0. The lowest BCUT2D eigenvalue weighted by molar-refractivity contribution is -0.113. The van der Waals surface area contributed by atoms with Gasteiger partial charge in [-0.25, -0.2) is 9.37 Å². The lowest BCUT2D eigenvalue weighted by atomic mass is 10.2. The van der Waals surface area contributed by atoms with Gasteiger partial charge in [0.2, 0.25) is 5.91 Å². The van der Waals surface area contributed by atoms with E-state index >= 15 is 0 Å². The van der Waals surface area contributed by atoms with E-state index in [1.807, 2.05) is 0 Å². The number of nitrogens with one attached hydrogen (secondary N) is 1. The van der Waals surface area contributed by atoms with Crippen molar-refractivity contribution < 1.29 is 22.4 Å². The summed E-state index contributed by atoms with van der Waals surface area (Å²) in [5.41, 5.74) is 1.19. The van der Waals surface area contributed by atoms with Crippen LogP contribution in [0.15, 0.2) is 69.3 Å². The molecule has 1 N–H and O–H groups in total. The fourth-order valence-corrected chi connectivity index (χ4v) is 3.22. The van der Waals surface area contributed by atoms with Gasteiger partial charge in [0, 0.05) is 16.1 Å². The molecule has 9 heteroatoms. The molecule has 3 rings (SSSR count). The van der Waals surface area contributed by atoms with E-state index in [0.29, 0.717) is 38.9 Å². The normalized spacial score (nSPS) is 11.0. The first kappa shape index (κ1) is 19.4. The van der Waals surface area contributed by atoms with Gasteiger partial charge in [-0.15, -0.1) is 0 Å². The Bertz CT molecular complexity index is 900. The lowest BCUT2D eigenvalue weighted by Gasteiger charge is -2.05. The van der Waals surface area contributed by atoms with E-state index in [4.69, 9.17) is 4.42 Å². The quantitative estimate of drug-likeness (QED) is 0.519. The zero-order chi connectivity index (χ0) is 19.2. The molecule has 0 fully saturated rings. The van der Waals surface area contributed by atoms with E-state index in [1.54, 1.807) is 24.3 Å². The number of hydrogen-bond acceptors (Lipinski definition) is 5. The number of halogens is 3. The zero-order valence-electron chi connectivity index (χ0n) is 13.7. The van der Waals surface area contributed by atoms with Crippen molar-refractivity contribution in [3.8, 4) is 11.3 Å². The summed E-state index contributed by atoms with van der Waals surface area (Å²) < 4.78 is 43.0. The molecule has 0 saturated carbocycles. The van der Waals surface area contributed by atoms with Gasteiger partial charge in [-0.05, 0) is 48.5 Å². The fourth-order valence-electron chi connectivity index (χ4n) is 2.12. The minimum absolute atomic E-state index is 0.0664. The minimum Gasteiger partial charge on any atom is -0.431 e. The molecule has 0 radical (unpaired) electrons. The van der Waals surface area contributed by atoms with E-state index in [1.165, 1.54) is 30.5 Å². The second kappa shape index (κ2) is 9.01. The fraction of sp³-hybridized carbons (Fsp3) is 0.111. The van der Waals surface area contributed by atoms with Gasteiger partial charge in [0.15, 0.2) is 5.76 Å². The summed E-state index contributed by atoms with van der Waals surface area (Å²) in [4.78, 5) is 16.5. The average Bonchev–Trinajstić information content (AvgIpc) is 3.11. The number of carbonyl (C=O) groups excluding carboxylic acids is 1. The molecule has 3 aromatic rings. The third kappa shape index (κ3) is 5.80. The van der Waals surface area contributed by atoms with Crippen molar-refractivity contribution in [1.29, 1.82) is 0 Å². The summed E-state index contributed by atoms with van der Waals surface area (Å²) in [5.74, 6) is -2.56. The number of aromatic nitrogens is 1. The molecule has 4 nitrogen and oxygen atoms in total. The topological polar surface area (TPSA) is 55.1 Å². The third-order valence-electron chi connectivity index (χ3n) is 3.30. The molecule has 0 unspecified atom stereocenters. The Morgan fingerprint density at radius 2 is 1.81 bits per heavy atom. The van der Waals surface area contributed by atoms with Crippen LogP contribution in [0.1, 0.15) is 0 Å². The SMILES string of the molecule is O=C(CSc1ncc(-c2ccc(F)cc2)o1)Nc1ccc(SC(F)F)cc1. The van der Waals surface area contributed by atoms with Crippen LogP contribution in [0.3, 0.4) is 0 Å². The maximum Gasteiger partial charge on any atom is 0.288 e. The second-order valence-electron chi connectivity index (χ2n) is 5.24. The number of carbonyl (C=O) groups is 1. The van der Waals surface area contributed by atoms with Crippen molar-refractivity contribution in [2.24, 2.45) is 0 Å². The number of rotatable bonds is 7. The highest BCUT2D eigenvalue weighted by molar-refractivity contribution is 7.99. The molecule has 27 heavy (non-hydrogen) atoms. The van der Waals surface area contributed by atoms with Gasteiger partial charge in [-0.1, -0.05) is 23.5 Å². The Labute approximate surface area is 161 Å². The molecule has 0 saturated heterocycles. The maximum absolute atomic E-state index is 12.9. The molecule has 2 aromatic carbocycles.